The van der Waals surface area contributed by atoms with Gasteiger partial charge in [-0.15, -0.1) is 0 Å². The third kappa shape index (κ3) is 3.46. The molecule has 4 rings (SSSR count). The molecule has 3 aromatic carbocycles. The summed E-state index contributed by atoms with van der Waals surface area (Å²) in [6.07, 6.45) is 1.94. The SMILES string of the molecule is CC(C)N1c2ccccc2C=C(c2ccc(C#N)cc2)P1(=O)Oc1ccccc1. The van der Waals surface area contributed by atoms with Gasteiger partial charge in [0.05, 0.1) is 22.6 Å². The van der Waals surface area contributed by atoms with Crippen molar-refractivity contribution in [1.29, 1.82) is 5.26 Å². The molecule has 5 heteroatoms. The summed E-state index contributed by atoms with van der Waals surface area (Å²) in [5.41, 5.74) is 3.22. The number of nitrogens with zero attached hydrogens (tertiary/aromatic N) is 2. The van der Waals surface area contributed by atoms with E-state index in [0.29, 0.717) is 16.6 Å². The van der Waals surface area contributed by atoms with E-state index in [1.54, 1.807) is 12.1 Å². The van der Waals surface area contributed by atoms with Crippen molar-refractivity contribution < 1.29 is 9.09 Å². The van der Waals surface area contributed by atoms with Gasteiger partial charge in [-0.25, -0.2) is 4.57 Å². The average molecular weight is 400 g/mol. The highest BCUT2D eigenvalue weighted by molar-refractivity contribution is 7.72. The van der Waals surface area contributed by atoms with Crippen LogP contribution in [0.3, 0.4) is 0 Å². The van der Waals surface area contributed by atoms with E-state index in [0.717, 1.165) is 16.8 Å². The third-order valence-corrected chi connectivity index (χ3v) is 7.53. The number of rotatable bonds is 4. The van der Waals surface area contributed by atoms with Crippen LogP contribution in [0.4, 0.5) is 5.69 Å². The number of hydrogen-bond donors (Lipinski definition) is 0. The Hall–Kier alpha value is -3.28. The zero-order valence-electron chi connectivity index (χ0n) is 16.3. The van der Waals surface area contributed by atoms with E-state index in [4.69, 9.17) is 9.79 Å². The van der Waals surface area contributed by atoms with E-state index in [1.165, 1.54) is 0 Å². The molecular formula is C24H21N2O2P. The van der Waals surface area contributed by atoms with Crippen molar-refractivity contribution in [1.82, 2.24) is 0 Å². The van der Waals surface area contributed by atoms with Gasteiger partial charge in [-0.2, -0.15) is 5.26 Å². The van der Waals surface area contributed by atoms with Gasteiger partial charge in [-0.1, -0.05) is 48.5 Å². The van der Waals surface area contributed by atoms with Crippen molar-refractivity contribution in [2.75, 3.05) is 4.67 Å². The number of fused-ring (bicyclic) bond motifs is 1. The van der Waals surface area contributed by atoms with E-state index in [2.05, 4.69) is 6.07 Å². The maximum Gasteiger partial charge on any atom is 0.375 e. The number of benzene rings is 3. The van der Waals surface area contributed by atoms with Gasteiger partial charge >= 0.3 is 7.52 Å². The van der Waals surface area contributed by atoms with Crippen LogP contribution in [0.15, 0.2) is 78.9 Å². The first-order valence-corrected chi connectivity index (χ1v) is 11.1. The molecule has 0 aromatic heterocycles. The Labute approximate surface area is 171 Å². The normalized spacial score (nSPS) is 18.0. The topological polar surface area (TPSA) is 53.3 Å². The summed E-state index contributed by atoms with van der Waals surface area (Å²) in [6, 6.07) is 26.4. The molecule has 144 valence electrons. The molecule has 0 bridgehead atoms. The molecule has 0 amide bonds. The van der Waals surface area contributed by atoms with E-state index in [9.17, 15) is 4.57 Å². The summed E-state index contributed by atoms with van der Waals surface area (Å²) in [5, 5.41) is 9.75. The number of anilines is 1. The minimum Gasteiger partial charge on any atom is -0.426 e. The van der Waals surface area contributed by atoms with Gasteiger partial charge < -0.3 is 4.52 Å². The number of para-hydroxylation sites is 2. The average Bonchev–Trinajstić information content (AvgIpc) is 2.73. The zero-order chi connectivity index (χ0) is 20.4. The van der Waals surface area contributed by atoms with Crippen LogP contribution in [-0.2, 0) is 4.57 Å². The summed E-state index contributed by atoms with van der Waals surface area (Å²) in [7, 11) is -3.48. The molecule has 4 nitrogen and oxygen atoms in total. The van der Waals surface area contributed by atoms with Crippen LogP contribution >= 0.6 is 7.52 Å². The zero-order valence-corrected chi connectivity index (χ0v) is 17.2. The van der Waals surface area contributed by atoms with Crippen molar-refractivity contribution in [2.45, 2.75) is 19.9 Å². The van der Waals surface area contributed by atoms with Gasteiger partial charge in [-0.3, -0.25) is 4.67 Å². The van der Waals surface area contributed by atoms with Crippen molar-refractivity contribution >= 4 is 24.6 Å². The summed E-state index contributed by atoms with van der Waals surface area (Å²) < 4.78 is 22.7. The second-order valence-electron chi connectivity index (χ2n) is 7.14. The largest absolute Gasteiger partial charge is 0.426 e. The van der Waals surface area contributed by atoms with Crippen molar-refractivity contribution in [3.8, 4) is 11.8 Å². The van der Waals surface area contributed by atoms with Crippen LogP contribution in [0.5, 0.6) is 5.75 Å². The van der Waals surface area contributed by atoms with Crippen LogP contribution in [0.1, 0.15) is 30.5 Å². The third-order valence-electron chi connectivity index (χ3n) is 4.84. The molecule has 0 saturated carbocycles. The quantitative estimate of drug-likeness (QED) is 0.466. The predicted molar refractivity (Wildman–Crippen MR) is 118 cm³/mol. The molecule has 1 atom stereocenters. The minimum atomic E-state index is -3.48. The molecule has 0 saturated heterocycles. The molecule has 1 aliphatic heterocycles. The summed E-state index contributed by atoms with van der Waals surface area (Å²) in [6.45, 7) is 4.03. The fourth-order valence-electron chi connectivity index (χ4n) is 3.57. The van der Waals surface area contributed by atoms with Crippen LogP contribution in [0, 0.1) is 11.3 Å². The summed E-state index contributed by atoms with van der Waals surface area (Å²) in [5.74, 6) is 0.556. The standard InChI is InChI=1S/C24H21N2O2P/c1-18(2)26-23-11-7-6-8-21(23)16-24(20-14-12-19(17-25)13-15-20)29(26,27)28-22-9-4-3-5-10-22/h3-16,18H,1-2H3. The molecule has 1 heterocycles. The number of hydrogen-bond acceptors (Lipinski definition) is 3. The first kappa shape index (κ1) is 19.1. The Kier molecular flexibility index (Phi) is 5.01. The Morgan fingerprint density at radius 3 is 2.24 bits per heavy atom. The lowest BCUT2D eigenvalue weighted by molar-refractivity contribution is 0.483. The van der Waals surface area contributed by atoms with Gasteiger partial charge in [0, 0.05) is 6.04 Å². The van der Waals surface area contributed by atoms with Gasteiger partial charge in [-0.05, 0) is 61.4 Å². The van der Waals surface area contributed by atoms with Gasteiger partial charge in [0.2, 0.25) is 0 Å². The fourth-order valence-corrected chi connectivity index (χ4v) is 6.24. The molecule has 0 fully saturated rings. The highest BCUT2D eigenvalue weighted by Gasteiger charge is 2.43. The van der Waals surface area contributed by atoms with Crippen molar-refractivity contribution in [3.63, 3.8) is 0 Å². The lowest BCUT2D eigenvalue weighted by Gasteiger charge is -2.40. The van der Waals surface area contributed by atoms with Crippen LogP contribution in [0.25, 0.3) is 11.4 Å². The number of nitriles is 1. The molecule has 29 heavy (non-hydrogen) atoms. The van der Waals surface area contributed by atoms with Gasteiger partial charge in [0.1, 0.15) is 5.75 Å². The second kappa shape index (κ2) is 7.62. The lowest BCUT2D eigenvalue weighted by atomic mass is 10.1. The van der Waals surface area contributed by atoms with Gasteiger partial charge in [0.25, 0.3) is 0 Å². The maximum absolute atomic E-state index is 14.6. The predicted octanol–water partition coefficient (Wildman–Crippen LogP) is 6.56. The van der Waals surface area contributed by atoms with E-state index in [-0.39, 0.29) is 6.04 Å². The first-order valence-electron chi connectivity index (χ1n) is 9.49. The first-order chi connectivity index (χ1) is 14.0. The fraction of sp³-hybridized carbons (Fsp3) is 0.125. The smallest absolute Gasteiger partial charge is 0.375 e. The van der Waals surface area contributed by atoms with Crippen LogP contribution < -0.4 is 9.19 Å². The van der Waals surface area contributed by atoms with Crippen molar-refractivity contribution in [3.05, 3.63) is 95.6 Å². The Morgan fingerprint density at radius 2 is 1.59 bits per heavy atom. The Balaban J connectivity index is 1.94. The minimum absolute atomic E-state index is 0.0484. The molecule has 3 aromatic rings. The Morgan fingerprint density at radius 1 is 0.931 bits per heavy atom. The van der Waals surface area contributed by atoms with Crippen LogP contribution in [-0.4, -0.2) is 6.04 Å². The van der Waals surface area contributed by atoms with E-state index < -0.39 is 7.52 Å². The summed E-state index contributed by atoms with van der Waals surface area (Å²) in [4.78, 5) is 0. The van der Waals surface area contributed by atoms with Gasteiger partial charge in [0.15, 0.2) is 0 Å². The highest BCUT2D eigenvalue weighted by atomic mass is 31.2. The summed E-state index contributed by atoms with van der Waals surface area (Å²) >= 11 is 0. The maximum atomic E-state index is 14.6. The molecule has 0 spiro atoms. The van der Waals surface area contributed by atoms with Crippen molar-refractivity contribution in [2.24, 2.45) is 0 Å². The molecule has 0 aliphatic carbocycles. The molecule has 1 aliphatic rings. The Bertz CT molecular complexity index is 1150. The van der Waals surface area contributed by atoms with Crippen LogP contribution in [0.2, 0.25) is 0 Å². The lowest BCUT2D eigenvalue weighted by Crippen LogP contribution is -2.32. The highest BCUT2D eigenvalue weighted by Crippen LogP contribution is 2.67. The molecular weight excluding hydrogens is 379 g/mol. The van der Waals surface area contributed by atoms with E-state index >= 15 is 0 Å². The van der Waals surface area contributed by atoms with E-state index in [1.807, 2.05) is 91.3 Å². The molecule has 1 unspecified atom stereocenters. The molecule has 0 N–H and O–H groups in total. The monoisotopic (exact) mass is 400 g/mol. The molecule has 0 radical (unpaired) electrons. The second-order valence-corrected chi connectivity index (χ2v) is 9.28.